The molecule has 0 aliphatic carbocycles. The van der Waals surface area contributed by atoms with Crippen molar-refractivity contribution in [3.8, 4) is 16.3 Å². The molecule has 0 saturated carbocycles. The molecule has 2 aromatic rings. The van der Waals surface area contributed by atoms with E-state index in [0.29, 0.717) is 11.6 Å². The lowest BCUT2D eigenvalue weighted by atomic mass is 10.2. The molecule has 0 amide bonds. The van der Waals surface area contributed by atoms with Gasteiger partial charge in [0.15, 0.2) is 5.75 Å². The largest absolute Gasteiger partial charge is 0.490 e. The van der Waals surface area contributed by atoms with Crippen molar-refractivity contribution >= 4 is 17.0 Å². The van der Waals surface area contributed by atoms with Crippen LogP contribution in [0.25, 0.3) is 10.6 Å². The van der Waals surface area contributed by atoms with E-state index in [4.69, 9.17) is 4.74 Å². The summed E-state index contributed by atoms with van der Waals surface area (Å²) in [5.41, 5.74) is 0.688. The van der Waals surface area contributed by atoms with Crippen LogP contribution in [0, 0.1) is 10.1 Å². The van der Waals surface area contributed by atoms with Crippen LogP contribution in [0.15, 0.2) is 18.2 Å². The third-order valence-electron chi connectivity index (χ3n) is 2.42. The van der Waals surface area contributed by atoms with Gasteiger partial charge in [-0.3, -0.25) is 10.1 Å². The highest BCUT2D eigenvalue weighted by Crippen LogP contribution is 2.33. The van der Waals surface area contributed by atoms with Crippen molar-refractivity contribution in [2.75, 3.05) is 14.2 Å². The number of nitrogens with one attached hydrogen (secondary N) is 1. The Labute approximate surface area is 113 Å². The highest BCUT2D eigenvalue weighted by molar-refractivity contribution is 7.14. The van der Waals surface area contributed by atoms with E-state index < -0.39 is 4.92 Å². The molecule has 8 heteroatoms. The van der Waals surface area contributed by atoms with Crippen molar-refractivity contribution in [2.45, 2.75) is 6.54 Å². The van der Waals surface area contributed by atoms with Gasteiger partial charge in [0, 0.05) is 18.2 Å². The van der Waals surface area contributed by atoms with Crippen LogP contribution in [-0.2, 0) is 6.54 Å². The highest BCUT2D eigenvalue weighted by atomic mass is 32.1. The Balaban J connectivity index is 2.36. The minimum atomic E-state index is -0.477. The summed E-state index contributed by atoms with van der Waals surface area (Å²) in [4.78, 5) is 10.3. The smallest absolute Gasteiger partial charge is 0.310 e. The molecule has 1 aromatic carbocycles. The SMILES string of the molecule is CNCc1nnc(-c2ccc([N+](=O)[O-])c(OC)c2)s1. The fourth-order valence-corrected chi connectivity index (χ4v) is 2.40. The molecule has 1 N–H and O–H groups in total. The summed E-state index contributed by atoms with van der Waals surface area (Å²) in [5.74, 6) is 0.216. The van der Waals surface area contributed by atoms with Crippen LogP contribution in [0.4, 0.5) is 5.69 Å². The molecule has 0 fully saturated rings. The van der Waals surface area contributed by atoms with Crippen molar-refractivity contribution in [2.24, 2.45) is 0 Å². The van der Waals surface area contributed by atoms with E-state index in [9.17, 15) is 10.1 Å². The Morgan fingerprint density at radius 3 is 2.89 bits per heavy atom. The highest BCUT2D eigenvalue weighted by Gasteiger charge is 2.16. The first kappa shape index (κ1) is 13.4. The van der Waals surface area contributed by atoms with Crippen molar-refractivity contribution in [3.63, 3.8) is 0 Å². The third kappa shape index (κ3) is 2.85. The Morgan fingerprint density at radius 2 is 2.26 bits per heavy atom. The van der Waals surface area contributed by atoms with Gasteiger partial charge in [0.2, 0.25) is 0 Å². The first-order valence-corrected chi connectivity index (χ1v) is 6.27. The summed E-state index contributed by atoms with van der Waals surface area (Å²) in [7, 11) is 3.23. The van der Waals surface area contributed by atoms with Crippen LogP contribution in [0.2, 0.25) is 0 Å². The molecule has 0 aliphatic rings. The van der Waals surface area contributed by atoms with Gasteiger partial charge in [-0.25, -0.2) is 0 Å². The molecule has 1 aromatic heterocycles. The Kier molecular flexibility index (Phi) is 4.03. The van der Waals surface area contributed by atoms with E-state index in [1.165, 1.54) is 24.5 Å². The quantitative estimate of drug-likeness (QED) is 0.664. The zero-order valence-corrected chi connectivity index (χ0v) is 11.2. The van der Waals surface area contributed by atoms with Gasteiger partial charge in [0.25, 0.3) is 0 Å². The third-order valence-corrected chi connectivity index (χ3v) is 3.39. The van der Waals surface area contributed by atoms with E-state index in [1.54, 1.807) is 12.1 Å². The molecule has 0 spiro atoms. The maximum absolute atomic E-state index is 10.8. The maximum Gasteiger partial charge on any atom is 0.310 e. The average Bonchev–Trinajstić information content (AvgIpc) is 2.87. The first-order valence-electron chi connectivity index (χ1n) is 5.45. The monoisotopic (exact) mass is 280 g/mol. The zero-order valence-electron chi connectivity index (χ0n) is 10.4. The number of benzene rings is 1. The van der Waals surface area contributed by atoms with Gasteiger partial charge < -0.3 is 10.1 Å². The molecule has 7 nitrogen and oxygen atoms in total. The Bertz CT molecular complexity index is 599. The second-order valence-corrected chi connectivity index (χ2v) is 4.74. The lowest BCUT2D eigenvalue weighted by Gasteiger charge is -2.02. The van der Waals surface area contributed by atoms with Crippen LogP contribution in [0.3, 0.4) is 0 Å². The number of hydrogen-bond donors (Lipinski definition) is 1. The number of nitrogens with zero attached hydrogens (tertiary/aromatic N) is 3. The van der Waals surface area contributed by atoms with Crippen molar-refractivity contribution in [3.05, 3.63) is 33.3 Å². The molecular formula is C11H12N4O3S. The van der Waals surface area contributed by atoms with Gasteiger partial charge in [0.05, 0.1) is 12.0 Å². The molecule has 0 bridgehead atoms. The number of nitro benzene ring substituents is 1. The predicted molar refractivity (Wildman–Crippen MR) is 71.3 cm³/mol. The second kappa shape index (κ2) is 5.72. The van der Waals surface area contributed by atoms with Crippen LogP contribution >= 0.6 is 11.3 Å². The molecule has 0 radical (unpaired) electrons. The normalized spacial score (nSPS) is 10.4. The molecule has 1 heterocycles. The minimum absolute atomic E-state index is 0.0637. The Morgan fingerprint density at radius 1 is 1.47 bits per heavy atom. The van der Waals surface area contributed by atoms with Crippen molar-refractivity contribution in [1.29, 1.82) is 0 Å². The lowest BCUT2D eigenvalue weighted by molar-refractivity contribution is -0.385. The van der Waals surface area contributed by atoms with Gasteiger partial charge >= 0.3 is 5.69 Å². The fraction of sp³-hybridized carbons (Fsp3) is 0.273. The first-order chi connectivity index (χ1) is 9.15. The molecule has 0 unspecified atom stereocenters. The second-order valence-electron chi connectivity index (χ2n) is 3.68. The molecule has 0 saturated heterocycles. The van der Waals surface area contributed by atoms with E-state index >= 15 is 0 Å². The summed E-state index contributed by atoms with van der Waals surface area (Å²) in [6.45, 7) is 0.641. The van der Waals surface area contributed by atoms with Crippen LogP contribution < -0.4 is 10.1 Å². The number of ether oxygens (including phenoxy) is 1. The van der Waals surface area contributed by atoms with Crippen LogP contribution in [0.5, 0.6) is 5.75 Å². The minimum Gasteiger partial charge on any atom is -0.490 e. The number of rotatable bonds is 5. The summed E-state index contributed by atoms with van der Waals surface area (Å²) < 4.78 is 5.03. The van der Waals surface area contributed by atoms with Gasteiger partial charge in [-0.2, -0.15) is 0 Å². The standard InChI is InChI=1S/C11H12N4O3S/c1-12-6-10-13-14-11(19-10)7-3-4-8(15(16)17)9(5-7)18-2/h3-5,12H,6H2,1-2H3. The summed E-state index contributed by atoms with van der Waals surface area (Å²) in [5, 5.41) is 23.4. The number of nitro groups is 1. The van der Waals surface area contributed by atoms with E-state index in [1.807, 2.05) is 7.05 Å². The van der Waals surface area contributed by atoms with Gasteiger partial charge in [-0.1, -0.05) is 11.3 Å². The van der Waals surface area contributed by atoms with E-state index in [2.05, 4.69) is 15.5 Å². The molecule has 100 valence electrons. The van der Waals surface area contributed by atoms with Gasteiger partial charge in [-0.15, -0.1) is 10.2 Å². The van der Waals surface area contributed by atoms with Crippen molar-refractivity contribution in [1.82, 2.24) is 15.5 Å². The number of hydrogen-bond acceptors (Lipinski definition) is 7. The average molecular weight is 280 g/mol. The lowest BCUT2D eigenvalue weighted by Crippen LogP contribution is -2.04. The molecule has 0 atom stereocenters. The van der Waals surface area contributed by atoms with E-state index in [0.717, 1.165) is 10.6 Å². The molecule has 19 heavy (non-hydrogen) atoms. The van der Waals surface area contributed by atoms with Gasteiger partial charge in [-0.05, 0) is 19.2 Å². The summed E-state index contributed by atoms with van der Waals surface area (Å²) in [6.07, 6.45) is 0. The fourth-order valence-electron chi connectivity index (χ4n) is 1.55. The predicted octanol–water partition coefficient (Wildman–Crippen LogP) is 1.84. The van der Waals surface area contributed by atoms with E-state index in [-0.39, 0.29) is 11.4 Å². The maximum atomic E-state index is 10.8. The number of methoxy groups -OCH3 is 1. The van der Waals surface area contributed by atoms with Crippen LogP contribution in [0.1, 0.15) is 5.01 Å². The van der Waals surface area contributed by atoms with Gasteiger partial charge in [0.1, 0.15) is 10.0 Å². The van der Waals surface area contributed by atoms with Crippen molar-refractivity contribution < 1.29 is 9.66 Å². The molecule has 2 rings (SSSR count). The topological polar surface area (TPSA) is 90.2 Å². The summed E-state index contributed by atoms with van der Waals surface area (Å²) >= 11 is 1.43. The summed E-state index contributed by atoms with van der Waals surface area (Å²) in [6, 6.07) is 4.65. The Hall–Kier alpha value is -2.06. The molecular weight excluding hydrogens is 268 g/mol. The number of aromatic nitrogens is 2. The zero-order chi connectivity index (χ0) is 13.8. The van der Waals surface area contributed by atoms with Crippen LogP contribution in [-0.4, -0.2) is 29.3 Å². The molecule has 0 aliphatic heterocycles.